The molecular weight excluding hydrogens is 314 g/mol. The molecule has 0 saturated heterocycles. The van der Waals surface area contributed by atoms with E-state index in [1.165, 1.54) is 0 Å². The van der Waals surface area contributed by atoms with Gasteiger partial charge in [0.15, 0.2) is 0 Å². The second-order valence-corrected chi connectivity index (χ2v) is 6.25. The maximum absolute atomic E-state index is 11.7. The average Bonchev–Trinajstić information content (AvgIpc) is 2.62. The molecule has 2 rings (SSSR count). The van der Waals surface area contributed by atoms with Gasteiger partial charge in [-0.2, -0.15) is 0 Å². The number of benzene rings is 2. The molecule has 2 N–H and O–H groups in total. The van der Waals surface area contributed by atoms with Crippen molar-refractivity contribution in [3.05, 3.63) is 54.1 Å². The summed E-state index contributed by atoms with van der Waals surface area (Å²) in [5, 5.41) is 0. The lowest BCUT2D eigenvalue weighted by molar-refractivity contribution is -0.147. The van der Waals surface area contributed by atoms with Gasteiger partial charge in [-0.15, -0.1) is 0 Å². The summed E-state index contributed by atoms with van der Waals surface area (Å²) in [7, 11) is 1.68. The molecule has 2 atom stereocenters. The molecule has 2 unspecified atom stereocenters. The minimum atomic E-state index is -0.178. The highest BCUT2D eigenvalue weighted by atomic mass is 16.5. The molecule has 25 heavy (non-hydrogen) atoms. The summed E-state index contributed by atoms with van der Waals surface area (Å²) in [5.41, 5.74) is 9.54. The van der Waals surface area contributed by atoms with Crippen LogP contribution in [0.4, 0.5) is 0 Å². The van der Waals surface area contributed by atoms with Gasteiger partial charge in [-0.05, 0) is 37.0 Å². The number of ether oxygens (including phenoxy) is 2. The van der Waals surface area contributed by atoms with Crippen molar-refractivity contribution in [1.29, 1.82) is 0 Å². The van der Waals surface area contributed by atoms with Gasteiger partial charge in [0.1, 0.15) is 5.75 Å². The van der Waals surface area contributed by atoms with Crippen LogP contribution in [0.25, 0.3) is 11.1 Å². The van der Waals surface area contributed by atoms with Crippen LogP contribution >= 0.6 is 0 Å². The standard InChI is InChI=1S/C21H27NO3/c1-4-25-21(23)15(2)13-18(22)14-16-9-11-17(12-10-16)19-7-5-6-8-20(19)24-3/h5-12,15,18H,4,13-14,22H2,1-3H3. The Labute approximate surface area is 150 Å². The zero-order valence-corrected chi connectivity index (χ0v) is 15.2. The zero-order valence-electron chi connectivity index (χ0n) is 15.2. The summed E-state index contributed by atoms with van der Waals surface area (Å²) in [4.78, 5) is 11.7. The molecule has 0 aliphatic heterocycles. The molecular formula is C21H27NO3. The van der Waals surface area contributed by atoms with Gasteiger partial charge in [0.25, 0.3) is 0 Å². The number of nitrogens with two attached hydrogens (primary N) is 1. The minimum Gasteiger partial charge on any atom is -0.496 e. The van der Waals surface area contributed by atoms with Crippen LogP contribution in [0.15, 0.2) is 48.5 Å². The molecule has 0 fully saturated rings. The Morgan fingerprint density at radius 3 is 2.44 bits per heavy atom. The van der Waals surface area contributed by atoms with E-state index in [0.717, 1.165) is 28.9 Å². The molecule has 0 radical (unpaired) electrons. The first-order valence-corrected chi connectivity index (χ1v) is 8.69. The van der Waals surface area contributed by atoms with Crippen molar-refractivity contribution in [1.82, 2.24) is 0 Å². The molecule has 4 nitrogen and oxygen atoms in total. The van der Waals surface area contributed by atoms with E-state index in [-0.39, 0.29) is 17.9 Å². The van der Waals surface area contributed by atoms with E-state index in [1.807, 2.05) is 38.1 Å². The zero-order chi connectivity index (χ0) is 18.2. The van der Waals surface area contributed by atoms with Gasteiger partial charge in [-0.1, -0.05) is 49.4 Å². The van der Waals surface area contributed by atoms with Crippen LogP contribution in [0.2, 0.25) is 0 Å². The predicted octanol–water partition coefficient (Wildman–Crippen LogP) is 3.82. The van der Waals surface area contributed by atoms with Crippen LogP contribution in [-0.2, 0) is 16.0 Å². The number of hydrogen-bond acceptors (Lipinski definition) is 4. The maximum Gasteiger partial charge on any atom is 0.308 e. The van der Waals surface area contributed by atoms with Gasteiger partial charge in [-0.3, -0.25) is 4.79 Å². The van der Waals surface area contributed by atoms with Crippen molar-refractivity contribution < 1.29 is 14.3 Å². The number of rotatable bonds is 8. The Morgan fingerprint density at radius 1 is 1.12 bits per heavy atom. The minimum absolute atomic E-state index is 0.0727. The highest BCUT2D eigenvalue weighted by molar-refractivity contribution is 5.72. The molecule has 0 aliphatic rings. The number of hydrogen-bond donors (Lipinski definition) is 1. The van der Waals surface area contributed by atoms with Gasteiger partial charge in [-0.25, -0.2) is 0 Å². The van der Waals surface area contributed by atoms with Crippen LogP contribution in [0, 0.1) is 5.92 Å². The van der Waals surface area contributed by atoms with Crippen molar-refractivity contribution in [3.8, 4) is 16.9 Å². The molecule has 0 bridgehead atoms. The van der Waals surface area contributed by atoms with E-state index in [1.54, 1.807) is 7.11 Å². The summed E-state index contributed by atoms with van der Waals surface area (Å²) in [6.45, 7) is 4.08. The Balaban J connectivity index is 1.99. The van der Waals surface area contributed by atoms with E-state index < -0.39 is 0 Å². The fourth-order valence-electron chi connectivity index (χ4n) is 2.92. The largest absolute Gasteiger partial charge is 0.496 e. The Hall–Kier alpha value is -2.33. The van der Waals surface area contributed by atoms with Crippen LogP contribution in [-0.4, -0.2) is 25.7 Å². The Kier molecular flexibility index (Phi) is 7.02. The summed E-state index contributed by atoms with van der Waals surface area (Å²) in [5.74, 6) is 0.502. The molecule has 4 heteroatoms. The average molecular weight is 341 g/mol. The molecule has 134 valence electrons. The summed E-state index contributed by atoms with van der Waals surface area (Å²) >= 11 is 0. The number of para-hydroxylation sites is 1. The summed E-state index contributed by atoms with van der Waals surface area (Å²) in [6.07, 6.45) is 1.35. The summed E-state index contributed by atoms with van der Waals surface area (Å²) < 4.78 is 10.5. The first-order valence-electron chi connectivity index (χ1n) is 8.69. The molecule has 0 spiro atoms. The second kappa shape index (κ2) is 9.23. The lowest BCUT2D eigenvalue weighted by atomic mass is 9.95. The van der Waals surface area contributed by atoms with E-state index >= 15 is 0 Å². The third-order valence-corrected chi connectivity index (χ3v) is 4.22. The third kappa shape index (κ3) is 5.33. The SMILES string of the molecule is CCOC(=O)C(C)CC(N)Cc1ccc(-c2ccccc2OC)cc1. The first-order chi connectivity index (χ1) is 12.0. The van der Waals surface area contributed by atoms with Gasteiger partial charge >= 0.3 is 5.97 Å². The number of carbonyl (C=O) groups excluding carboxylic acids is 1. The van der Waals surface area contributed by atoms with Crippen LogP contribution in [0.5, 0.6) is 5.75 Å². The van der Waals surface area contributed by atoms with E-state index in [4.69, 9.17) is 15.2 Å². The van der Waals surface area contributed by atoms with Gasteiger partial charge in [0.05, 0.1) is 19.6 Å². The molecule has 0 aromatic heterocycles. The lowest BCUT2D eigenvalue weighted by Gasteiger charge is -2.16. The highest BCUT2D eigenvalue weighted by Crippen LogP contribution is 2.29. The highest BCUT2D eigenvalue weighted by Gasteiger charge is 2.18. The molecule has 0 amide bonds. The number of carbonyl (C=O) groups is 1. The molecule has 2 aromatic rings. The van der Waals surface area contributed by atoms with Crippen molar-refractivity contribution in [2.45, 2.75) is 32.7 Å². The van der Waals surface area contributed by atoms with Crippen LogP contribution < -0.4 is 10.5 Å². The monoisotopic (exact) mass is 341 g/mol. The van der Waals surface area contributed by atoms with E-state index in [9.17, 15) is 4.79 Å². The molecule has 2 aromatic carbocycles. The second-order valence-electron chi connectivity index (χ2n) is 6.25. The van der Waals surface area contributed by atoms with Crippen LogP contribution in [0.3, 0.4) is 0 Å². The van der Waals surface area contributed by atoms with E-state index in [2.05, 4.69) is 24.3 Å². The molecule has 0 aliphatic carbocycles. The Bertz CT molecular complexity index is 682. The third-order valence-electron chi connectivity index (χ3n) is 4.22. The molecule has 0 heterocycles. The quantitative estimate of drug-likeness (QED) is 0.742. The number of methoxy groups -OCH3 is 1. The van der Waals surface area contributed by atoms with Crippen molar-refractivity contribution in [2.24, 2.45) is 11.7 Å². The van der Waals surface area contributed by atoms with E-state index in [0.29, 0.717) is 13.0 Å². The number of esters is 1. The summed E-state index contributed by atoms with van der Waals surface area (Å²) in [6, 6.07) is 16.2. The van der Waals surface area contributed by atoms with Gasteiger partial charge in [0.2, 0.25) is 0 Å². The fourth-order valence-corrected chi connectivity index (χ4v) is 2.92. The van der Waals surface area contributed by atoms with Crippen LogP contribution in [0.1, 0.15) is 25.8 Å². The lowest BCUT2D eigenvalue weighted by Crippen LogP contribution is -2.29. The first kappa shape index (κ1) is 19.0. The molecule has 0 saturated carbocycles. The van der Waals surface area contributed by atoms with Gasteiger partial charge < -0.3 is 15.2 Å². The van der Waals surface area contributed by atoms with Crippen molar-refractivity contribution in [3.63, 3.8) is 0 Å². The Morgan fingerprint density at radius 2 is 1.80 bits per heavy atom. The topological polar surface area (TPSA) is 61.5 Å². The normalized spacial score (nSPS) is 13.1. The fraction of sp³-hybridized carbons (Fsp3) is 0.381. The smallest absolute Gasteiger partial charge is 0.308 e. The maximum atomic E-state index is 11.7. The van der Waals surface area contributed by atoms with Gasteiger partial charge in [0, 0.05) is 11.6 Å². The van der Waals surface area contributed by atoms with Crippen molar-refractivity contribution in [2.75, 3.05) is 13.7 Å². The predicted molar refractivity (Wildman–Crippen MR) is 101 cm³/mol. The van der Waals surface area contributed by atoms with Crippen molar-refractivity contribution >= 4 is 5.97 Å².